The van der Waals surface area contributed by atoms with Crippen LogP contribution in [-0.4, -0.2) is 56.9 Å². The van der Waals surface area contributed by atoms with Gasteiger partial charge in [0.2, 0.25) is 0 Å². The summed E-state index contributed by atoms with van der Waals surface area (Å²) >= 11 is 7.10. The van der Waals surface area contributed by atoms with Crippen LogP contribution in [0.2, 0.25) is 0 Å². The molecule has 17 heteroatoms. The van der Waals surface area contributed by atoms with Gasteiger partial charge in [-0.3, -0.25) is 19.6 Å². The van der Waals surface area contributed by atoms with E-state index in [9.17, 15) is 0 Å². The van der Waals surface area contributed by atoms with Gasteiger partial charge in [-0.2, -0.15) is 0 Å². The highest BCUT2D eigenvalue weighted by molar-refractivity contribution is 8.35. The van der Waals surface area contributed by atoms with Crippen LogP contribution in [0.25, 0.3) is 19.5 Å². The second-order valence-corrected chi connectivity index (χ2v) is 27.5. The van der Waals surface area contributed by atoms with Crippen molar-refractivity contribution in [2.24, 2.45) is 0 Å². The van der Waals surface area contributed by atoms with E-state index in [1.807, 2.05) is 97.1 Å². The number of ether oxygens (including phenoxy) is 8. The predicted octanol–water partition coefficient (Wildman–Crippen LogP) is 21.2. The normalized spacial score (nSPS) is 12.5. The molecule has 2 aliphatic rings. The number of para-hydroxylation sites is 16. The van der Waals surface area contributed by atoms with Crippen molar-refractivity contribution >= 4 is 121 Å². The first kappa shape index (κ1) is 57.3. The van der Waals surface area contributed by atoms with E-state index in [-0.39, 0.29) is 0 Å². The molecule has 12 aromatic rings. The number of nitrogens with zero attached hydrogens (tertiary/aromatic N) is 4. The first-order valence-corrected chi connectivity index (χ1v) is 33.4. The van der Waals surface area contributed by atoms with Crippen molar-refractivity contribution in [2.45, 2.75) is 19.6 Å². The Hall–Kier alpha value is -9.49. The van der Waals surface area contributed by atoms with Crippen molar-refractivity contribution in [2.75, 3.05) is 76.5 Å². The maximum atomic E-state index is 6.24. The molecule has 4 aromatic heterocycles. The Kier molecular flexibility index (Phi) is 15.4. The monoisotopic (exact) mass is 1270 g/mol. The summed E-state index contributed by atoms with van der Waals surface area (Å²) in [5.74, 6) is 5.73. The van der Waals surface area contributed by atoms with Gasteiger partial charge < -0.3 is 37.9 Å². The minimum atomic E-state index is -2.51. The van der Waals surface area contributed by atoms with E-state index in [4.69, 9.17) is 37.9 Å². The summed E-state index contributed by atoms with van der Waals surface area (Å²) in [6, 6.07) is 75.3. The zero-order valence-electron chi connectivity index (χ0n) is 49.9. The SMILES string of the molecule is COc1ccccc1N(c1cc2c(s1)-c1sc(N(c3ccccc3OC)c3ccccc3OC)cc1S21c2cc(N(c3ccccc3OC)c3ccccc3OC)sc2-c2sc(N(c3ccccc3OC)c3ccccc3OC)cc21)c1ccccc1OC. The van der Waals surface area contributed by atoms with Crippen molar-refractivity contribution in [3.63, 3.8) is 0 Å². The molecule has 0 amide bonds. The fourth-order valence-electron chi connectivity index (χ4n) is 12.1. The van der Waals surface area contributed by atoms with E-state index in [0.29, 0.717) is 46.0 Å². The van der Waals surface area contributed by atoms with Gasteiger partial charge in [0.15, 0.2) is 0 Å². The third kappa shape index (κ3) is 9.28. The Labute approximate surface area is 535 Å². The highest BCUT2D eigenvalue weighted by atomic mass is 32.3. The molecule has 0 atom stereocenters. The van der Waals surface area contributed by atoms with Crippen LogP contribution in [0.4, 0.5) is 65.5 Å². The van der Waals surface area contributed by atoms with Crippen molar-refractivity contribution in [1.82, 2.24) is 0 Å². The summed E-state index contributed by atoms with van der Waals surface area (Å²) in [4.78, 5) is 18.7. The van der Waals surface area contributed by atoms with E-state index >= 15 is 0 Å². The average Bonchev–Trinajstić information content (AvgIpc) is 1.49. The Morgan fingerprint density at radius 3 is 0.517 bits per heavy atom. The Morgan fingerprint density at radius 2 is 0.371 bits per heavy atom. The summed E-state index contributed by atoms with van der Waals surface area (Å²) in [5.41, 5.74) is 6.93. The third-order valence-corrected chi connectivity index (χ3v) is 25.2. The number of rotatable bonds is 20. The zero-order valence-corrected chi connectivity index (χ0v) is 54.0. The Balaban J connectivity index is 1.13. The fraction of sp³-hybridized carbons (Fsp3) is 0.111. The van der Waals surface area contributed by atoms with Gasteiger partial charge in [0.05, 0.1) is 122 Å². The van der Waals surface area contributed by atoms with Crippen LogP contribution in [0.15, 0.2) is 238 Å². The molecule has 89 heavy (non-hydrogen) atoms. The number of anilines is 12. The molecule has 0 radical (unpaired) electrons. The van der Waals surface area contributed by atoms with Gasteiger partial charge in [-0.05, 0) is 121 Å². The maximum Gasteiger partial charge on any atom is 0.142 e. The second kappa shape index (κ2) is 23.9. The summed E-state index contributed by atoms with van der Waals surface area (Å²) < 4.78 is 49.9. The third-order valence-electron chi connectivity index (χ3n) is 16.0. The van der Waals surface area contributed by atoms with E-state index in [2.05, 4.69) is 141 Å². The molecule has 446 valence electrons. The summed E-state index contributed by atoms with van der Waals surface area (Å²) in [5, 5.41) is 3.94. The highest BCUT2D eigenvalue weighted by Crippen LogP contribution is 2.90. The van der Waals surface area contributed by atoms with E-state index in [1.54, 1.807) is 102 Å². The molecule has 12 nitrogen and oxygen atoms in total. The Morgan fingerprint density at radius 1 is 0.225 bits per heavy atom. The van der Waals surface area contributed by atoms with Crippen LogP contribution in [0.3, 0.4) is 0 Å². The topological polar surface area (TPSA) is 86.8 Å². The number of hydrogen-bond acceptors (Lipinski definition) is 16. The standard InChI is InChI=1S/C72H60N4O8S5/c1-77-53-33-17-9-25-45(53)73(46-26-10-18-34-54(46)78-2)65-41-61-69(85-65)70-62(42-66(86-70)74(47-27-11-19-35-55(47)79-3)48-28-12-20-36-56(48)80-4)89(61)63-43-67(75(49-29-13-21-37-57(49)81-5)50-30-14-22-38-58(50)82-6)87-71(63)72-64(89)44-68(88-72)76(51-31-15-23-39-59(51)83-7)52-32-16-24-40-60(52)84-8/h9-44H,1-8H3. The molecule has 0 unspecified atom stereocenters. The average molecular weight is 1270 g/mol. The first-order valence-electron chi connectivity index (χ1n) is 28.5. The van der Waals surface area contributed by atoms with Gasteiger partial charge in [0.25, 0.3) is 0 Å². The lowest BCUT2D eigenvalue weighted by Gasteiger charge is -2.35. The number of methoxy groups -OCH3 is 8. The minimum absolute atomic E-state index is 0.716. The van der Waals surface area contributed by atoms with Gasteiger partial charge in [0.1, 0.15) is 66.0 Å². The molecule has 0 saturated heterocycles. The van der Waals surface area contributed by atoms with Gasteiger partial charge in [-0.15, -0.1) is 55.4 Å². The zero-order chi connectivity index (χ0) is 60.9. The smallest absolute Gasteiger partial charge is 0.142 e. The molecule has 8 aromatic carbocycles. The van der Waals surface area contributed by atoms with Gasteiger partial charge >= 0.3 is 0 Å². The van der Waals surface area contributed by atoms with Crippen molar-refractivity contribution in [1.29, 1.82) is 0 Å². The van der Waals surface area contributed by atoms with Crippen molar-refractivity contribution in [3.8, 4) is 65.5 Å². The number of hydrogen-bond donors (Lipinski definition) is 0. The summed E-state index contributed by atoms with van der Waals surface area (Å²) in [6.07, 6.45) is 0. The van der Waals surface area contributed by atoms with Crippen LogP contribution < -0.4 is 57.5 Å². The molecule has 0 fully saturated rings. The molecule has 14 rings (SSSR count). The molecule has 0 saturated carbocycles. The van der Waals surface area contributed by atoms with E-state index < -0.39 is 10.0 Å². The van der Waals surface area contributed by atoms with Gasteiger partial charge in [0, 0.05) is 19.6 Å². The van der Waals surface area contributed by atoms with Crippen LogP contribution in [0, 0.1) is 0 Å². The highest BCUT2D eigenvalue weighted by Gasteiger charge is 2.54. The molecular weight excluding hydrogens is 1210 g/mol. The molecule has 6 heterocycles. The number of fused-ring (bicyclic) bond motifs is 10. The molecular formula is C72H60N4O8S5. The van der Waals surface area contributed by atoms with Crippen LogP contribution in [-0.2, 0) is 0 Å². The molecule has 0 aliphatic carbocycles. The van der Waals surface area contributed by atoms with E-state index in [0.717, 1.165) is 85.0 Å². The largest absolute Gasteiger partial charge is 0.495 e. The van der Waals surface area contributed by atoms with Crippen LogP contribution in [0.1, 0.15) is 0 Å². The van der Waals surface area contributed by atoms with E-state index in [1.165, 1.54) is 19.6 Å². The molecule has 0 N–H and O–H groups in total. The van der Waals surface area contributed by atoms with Crippen LogP contribution >= 0.6 is 55.4 Å². The lowest BCUT2D eigenvalue weighted by atomic mass is 10.2. The lowest BCUT2D eigenvalue weighted by Crippen LogP contribution is -2.12. The molecule has 2 aliphatic heterocycles. The summed E-state index contributed by atoms with van der Waals surface area (Å²) in [7, 11) is 11.3. The quantitative estimate of drug-likeness (QED) is 0.0728. The Bertz CT molecular complexity index is 3840. The fourth-order valence-corrected chi connectivity index (χ4v) is 23.4. The molecule has 1 spiro atoms. The lowest BCUT2D eigenvalue weighted by molar-refractivity contribution is 0.412. The maximum absolute atomic E-state index is 6.24. The first-order chi connectivity index (χ1) is 43.8. The van der Waals surface area contributed by atoms with Gasteiger partial charge in [-0.1, -0.05) is 97.1 Å². The van der Waals surface area contributed by atoms with Crippen LogP contribution in [0.5, 0.6) is 46.0 Å². The predicted molar refractivity (Wildman–Crippen MR) is 367 cm³/mol. The number of thiophene rings is 4. The van der Waals surface area contributed by atoms with Crippen molar-refractivity contribution in [3.05, 3.63) is 218 Å². The number of benzene rings is 8. The second-order valence-electron chi connectivity index (χ2n) is 20.4. The summed E-state index contributed by atoms with van der Waals surface area (Å²) in [6.45, 7) is 0. The molecule has 0 bridgehead atoms. The minimum Gasteiger partial charge on any atom is -0.495 e. The van der Waals surface area contributed by atoms with Gasteiger partial charge in [-0.25, -0.2) is 0 Å². The van der Waals surface area contributed by atoms with Crippen molar-refractivity contribution < 1.29 is 37.9 Å².